The van der Waals surface area contributed by atoms with E-state index in [-0.39, 0.29) is 0 Å². The second-order valence-corrected chi connectivity index (χ2v) is 6.96. The summed E-state index contributed by atoms with van der Waals surface area (Å²) in [5, 5.41) is 7.49. The molecule has 1 saturated carbocycles. The average molecular weight is 309 g/mol. The lowest BCUT2D eigenvalue weighted by atomic mass is 9.90. The lowest BCUT2D eigenvalue weighted by Gasteiger charge is -2.33. The number of aryl methyl sites for hydroxylation is 1. The molecule has 0 radical (unpaired) electrons. The first kappa shape index (κ1) is 14.5. The number of carbonyl (C=O) groups excluding carboxylic acids is 1. The number of aromatic nitrogens is 2. The van der Waals surface area contributed by atoms with Gasteiger partial charge in [0.05, 0.1) is 6.20 Å². The summed E-state index contributed by atoms with van der Waals surface area (Å²) < 4.78 is 0. The third-order valence-electron chi connectivity index (χ3n) is 5.10. The molecule has 4 heteroatoms. The average Bonchev–Trinajstić information content (AvgIpc) is 3.32. The van der Waals surface area contributed by atoms with Crippen molar-refractivity contribution in [2.24, 2.45) is 5.92 Å². The van der Waals surface area contributed by atoms with E-state index < -0.39 is 0 Å². The van der Waals surface area contributed by atoms with Crippen molar-refractivity contribution in [3.8, 4) is 11.1 Å². The maximum absolute atomic E-state index is 12.4. The van der Waals surface area contributed by atoms with Crippen LogP contribution in [0.5, 0.6) is 0 Å². The molecule has 2 aliphatic rings. The van der Waals surface area contributed by atoms with Gasteiger partial charge >= 0.3 is 0 Å². The lowest BCUT2D eigenvalue weighted by Crippen LogP contribution is -2.40. The Hall–Kier alpha value is -2.10. The number of hydrogen-bond acceptors (Lipinski definition) is 2. The van der Waals surface area contributed by atoms with Gasteiger partial charge in [-0.25, -0.2) is 0 Å². The molecule has 120 valence electrons. The van der Waals surface area contributed by atoms with E-state index in [0.717, 1.165) is 38.8 Å². The van der Waals surface area contributed by atoms with Crippen LogP contribution in [-0.4, -0.2) is 34.1 Å². The molecule has 0 unspecified atom stereocenters. The van der Waals surface area contributed by atoms with E-state index in [1.54, 1.807) is 0 Å². The van der Waals surface area contributed by atoms with Crippen LogP contribution in [0.2, 0.25) is 0 Å². The number of aromatic amines is 1. The first-order valence-electron chi connectivity index (χ1n) is 8.61. The molecule has 1 aliphatic heterocycles. The topological polar surface area (TPSA) is 49.0 Å². The summed E-state index contributed by atoms with van der Waals surface area (Å²) in [6, 6.07) is 8.57. The maximum atomic E-state index is 12.4. The highest BCUT2D eigenvalue weighted by molar-refractivity contribution is 5.81. The number of nitrogens with one attached hydrogen (secondary N) is 1. The molecular weight excluding hydrogens is 286 g/mol. The Labute approximate surface area is 136 Å². The SMILES string of the molecule is Cc1ccc(-c2cn[nH]c2[C@H]2CCCN(C(=O)C3CC3)C2)cc1. The van der Waals surface area contributed by atoms with Gasteiger partial charge in [0.15, 0.2) is 0 Å². The van der Waals surface area contributed by atoms with Crippen LogP contribution in [0.3, 0.4) is 0 Å². The molecule has 2 aromatic rings. The van der Waals surface area contributed by atoms with Gasteiger partial charge in [0.2, 0.25) is 5.91 Å². The Balaban J connectivity index is 1.57. The summed E-state index contributed by atoms with van der Waals surface area (Å²) in [4.78, 5) is 14.4. The van der Waals surface area contributed by atoms with Crippen LogP contribution in [0.15, 0.2) is 30.5 Å². The third-order valence-corrected chi connectivity index (χ3v) is 5.10. The van der Waals surface area contributed by atoms with Gasteiger partial charge in [0.25, 0.3) is 0 Å². The first-order chi connectivity index (χ1) is 11.2. The Kier molecular flexibility index (Phi) is 3.68. The molecule has 0 bridgehead atoms. The molecule has 1 atom stereocenters. The van der Waals surface area contributed by atoms with Crippen molar-refractivity contribution in [2.75, 3.05) is 13.1 Å². The van der Waals surface area contributed by atoms with Crippen LogP contribution in [0.1, 0.15) is 42.9 Å². The molecule has 2 heterocycles. The number of amides is 1. The monoisotopic (exact) mass is 309 g/mol. The second-order valence-electron chi connectivity index (χ2n) is 6.96. The van der Waals surface area contributed by atoms with Gasteiger partial charge in [-0.15, -0.1) is 0 Å². The molecule has 1 N–H and O–H groups in total. The maximum Gasteiger partial charge on any atom is 0.225 e. The minimum atomic E-state index is 0.312. The van der Waals surface area contributed by atoms with Gasteiger partial charge < -0.3 is 4.90 Å². The van der Waals surface area contributed by atoms with Gasteiger partial charge in [-0.3, -0.25) is 9.89 Å². The Morgan fingerprint density at radius 1 is 1.22 bits per heavy atom. The fourth-order valence-electron chi connectivity index (χ4n) is 3.57. The minimum Gasteiger partial charge on any atom is -0.342 e. The van der Waals surface area contributed by atoms with E-state index in [2.05, 4.69) is 46.3 Å². The predicted octanol–water partition coefficient (Wildman–Crippen LogP) is 3.50. The molecule has 2 fully saturated rings. The number of nitrogens with zero attached hydrogens (tertiary/aromatic N) is 2. The molecule has 1 amide bonds. The highest BCUT2D eigenvalue weighted by atomic mass is 16.2. The van der Waals surface area contributed by atoms with Crippen molar-refractivity contribution < 1.29 is 4.79 Å². The van der Waals surface area contributed by atoms with Crippen LogP contribution in [-0.2, 0) is 4.79 Å². The molecule has 1 aromatic carbocycles. The van der Waals surface area contributed by atoms with Gasteiger partial charge in [0.1, 0.15) is 0 Å². The minimum absolute atomic E-state index is 0.312. The van der Waals surface area contributed by atoms with Gasteiger partial charge in [-0.05, 0) is 38.2 Å². The Morgan fingerprint density at radius 3 is 2.74 bits per heavy atom. The summed E-state index contributed by atoms with van der Waals surface area (Å²) in [6.07, 6.45) is 6.28. The normalized spacial score (nSPS) is 21.4. The van der Waals surface area contributed by atoms with E-state index in [4.69, 9.17) is 0 Å². The lowest BCUT2D eigenvalue weighted by molar-refractivity contribution is -0.133. The largest absolute Gasteiger partial charge is 0.342 e. The summed E-state index contributed by atoms with van der Waals surface area (Å²) >= 11 is 0. The summed E-state index contributed by atoms with van der Waals surface area (Å²) in [5.74, 6) is 1.04. The summed E-state index contributed by atoms with van der Waals surface area (Å²) in [5.41, 5.74) is 4.82. The van der Waals surface area contributed by atoms with E-state index in [1.807, 2.05) is 6.20 Å². The fraction of sp³-hybridized carbons (Fsp3) is 0.474. The predicted molar refractivity (Wildman–Crippen MR) is 90.0 cm³/mol. The van der Waals surface area contributed by atoms with Crippen LogP contribution in [0.25, 0.3) is 11.1 Å². The standard InChI is InChI=1S/C19H23N3O/c1-13-4-6-14(7-5-13)17-11-20-21-18(17)16-3-2-10-22(12-16)19(23)15-8-9-15/h4-7,11,15-16H,2-3,8-10,12H2,1H3,(H,20,21)/t16-/m0/s1. The zero-order valence-electron chi connectivity index (χ0n) is 13.6. The van der Waals surface area contributed by atoms with Crippen molar-refractivity contribution in [1.82, 2.24) is 15.1 Å². The van der Waals surface area contributed by atoms with E-state index >= 15 is 0 Å². The van der Waals surface area contributed by atoms with Gasteiger partial charge in [-0.2, -0.15) is 5.10 Å². The second kappa shape index (κ2) is 5.84. The van der Waals surface area contributed by atoms with Crippen molar-refractivity contribution in [3.05, 3.63) is 41.7 Å². The number of rotatable bonds is 3. The van der Waals surface area contributed by atoms with Crippen molar-refractivity contribution in [2.45, 2.75) is 38.5 Å². The molecular formula is C19H23N3O. The zero-order chi connectivity index (χ0) is 15.8. The van der Waals surface area contributed by atoms with E-state index in [1.165, 1.54) is 22.4 Å². The number of hydrogen-bond donors (Lipinski definition) is 1. The quantitative estimate of drug-likeness (QED) is 0.943. The van der Waals surface area contributed by atoms with Gasteiger partial charge in [-0.1, -0.05) is 29.8 Å². The smallest absolute Gasteiger partial charge is 0.225 e. The number of H-pyrrole nitrogens is 1. The highest BCUT2D eigenvalue weighted by Crippen LogP contribution is 2.36. The molecule has 1 saturated heterocycles. The van der Waals surface area contributed by atoms with Crippen LogP contribution in [0, 0.1) is 12.8 Å². The molecule has 0 spiro atoms. The van der Waals surface area contributed by atoms with Crippen molar-refractivity contribution in [3.63, 3.8) is 0 Å². The number of benzene rings is 1. The third kappa shape index (κ3) is 2.90. The van der Waals surface area contributed by atoms with Crippen LogP contribution >= 0.6 is 0 Å². The molecule has 1 aliphatic carbocycles. The van der Waals surface area contributed by atoms with Crippen molar-refractivity contribution in [1.29, 1.82) is 0 Å². The van der Waals surface area contributed by atoms with E-state index in [0.29, 0.717) is 17.7 Å². The Morgan fingerprint density at radius 2 is 2.00 bits per heavy atom. The van der Waals surface area contributed by atoms with Crippen LogP contribution < -0.4 is 0 Å². The molecule has 23 heavy (non-hydrogen) atoms. The number of likely N-dealkylation sites (tertiary alicyclic amines) is 1. The summed E-state index contributed by atoms with van der Waals surface area (Å²) in [7, 11) is 0. The molecule has 4 nitrogen and oxygen atoms in total. The Bertz CT molecular complexity index is 700. The van der Waals surface area contributed by atoms with Gasteiger partial charge in [0, 0.05) is 36.2 Å². The van der Waals surface area contributed by atoms with Crippen LogP contribution in [0.4, 0.5) is 0 Å². The van der Waals surface area contributed by atoms with E-state index in [9.17, 15) is 4.79 Å². The molecule has 4 rings (SSSR count). The zero-order valence-corrected chi connectivity index (χ0v) is 13.6. The number of piperidine rings is 1. The highest BCUT2D eigenvalue weighted by Gasteiger charge is 2.36. The fourth-order valence-corrected chi connectivity index (χ4v) is 3.57. The van der Waals surface area contributed by atoms with Crippen molar-refractivity contribution >= 4 is 5.91 Å². The number of carbonyl (C=O) groups is 1. The summed E-state index contributed by atoms with van der Waals surface area (Å²) in [6.45, 7) is 3.85. The molecule has 1 aromatic heterocycles. The first-order valence-corrected chi connectivity index (χ1v) is 8.61.